The third-order valence-corrected chi connectivity index (χ3v) is 5.15. The highest BCUT2D eigenvalue weighted by Gasteiger charge is 2.50. The van der Waals surface area contributed by atoms with Gasteiger partial charge in [-0.2, -0.15) is 5.26 Å². The van der Waals surface area contributed by atoms with Crippen molar-refractivity contribution >= 4 is 5.82 Å². The monoisotopic (exact) mass is 284 g/mol. The molecule has 4 unspecified atom stereocenters. The molecule has 5 heteroatoms. The molecule has 0 spiro atoms. The summed E-state index contributed by atoms with van der Waals surface area (Å²) in [7, 11) is 0. The van der Waals surface area contributed by atoms with E-state index in [1.54, 1.807) is 0 Å². The average Bonchev–Trinajstić information content (AvgIpc) is 2.98. The quantitative estimate of drug-likeness (QED) is 0.856. The van der Waals surface area contributed by atoms with Crippen molar-refractivity contribution in [3.05, 3.63) is 22.9 Å². The van der Waals surface area contributed by atoms with Gasteiger partial charge in [0, 0.05) is 24.3 Å². The Morgan fingerprint density at radius 3 is 3.14 bits per heavy atom. The summed E-state index contributed by atoms with van der Waals surface area (Å²) in [5.41, 5.74) is 9.26. The zero-order valence-corrected chi connectivity index (χ0v) is 12.0. The Hall–Kier alpha value is -1.64. The number of nitriles is 1. The van der Waals surface area contributed by atoms with E-state index >= 15 is 0 Å². The van der Waals surface area contributed by atoms with Crippen LogP contribution in [-0.4, -0.2) is 29.8 Å². The van der Waals surface area contributed by atoms with E-state index in [1.807, 2.05) is 6.07 Å². The van der Waals surface area contributed by atoms with E-state index in [2.05, 4.69) is 16.4 Å². The van der Waals surface area contributed by atoms with Gasteiger partial charge in [0.15, 0.2) is 0 Å². The highest BCUT2D eigenvalue weighted by Crippen LogP contribution is 2.39. The molecule has 1 aromatic heterocycles. The number of ether oxygens (including phenoxy) is 1. The summed E-state index contributed by atoms with van der Waals surface area (Å²) in [6, 6.07) is 4.42. The number of anilines is 1. The smallest absolute Gasteiger partial charge is 0.144 e. The largest absolute Gasteiger partial charge is 0.376 e. The Morgan fingerprint density at radius 2 is 2.29 bits per heavy atom. The van der Waals surface area contributed by atoms with Gasteiger partial charge >= 0.3 is 0 Å². The fourth-order valence-electron chi connectivity index (χ4n) is 3.95. The molecule has 0 radical (unpaired) electrons. The Morgan fingerprint density at radius 1 is 1.38 bits per heavy atom. The summed E-state index contributed by atoms with van der Waals surface area (Å²) >= 11 is 0. The maximum Gasteiger partial charge on any atom is 0.144 e. The van der Waals surface area contributed by atoms with Crippen LogP contribution < -0.4 is 11.1 Å². The molecule has 4 atom stereocenters. The molecular formula is C16H20N4O. The Labute approximate surface area is 124 Å². The first kappa shape index (κ1) is 13.1. The average molecular weight is 284 g/mol. The van der Waals surface area contributed by atoms with Gasteiger partial charge in [0.1, 0.15) is 11.9 Å². The van der Waals surface area contributed by atoms with E-state index in [-0.39, 0.29) is 18.2 Å². The van der Waals surface area contributed by atoms with Crippen LogP contribution in [0.3, 0.4) is 0 Å². The van der Waals surface area contributed by atoms with Crippen LogP contribution in [-0.2, 0) is 17.6 Å². The fraction of sp³-hybridized carbons (Fsp3) is 0.625. The van der Waals surface area contributed by atoms with Crippen molar-refractivity contribution in [2.24, 2.45) is 11.7 Å². The highest BCUT2D eigenvalue weighted by molar-refractivity contribution is 5.56. The predicted molar refractivity (Wildman–Crippen MR) is 78.8 cm³/mol. The van der Waals surface area contributed by atoms with Crippen molar-refractivity contribution < 1.29 is 4.74 Å². The predicted octanol–water partition coefficient (Wildman–Crippen LogP) is 1.36. The minimum atomic E-state index is 0.0781. The standard InChI is InChI=1S/C16H20N4O/c17-8-10-7-9-3-1-5-12(9)19-16(10)20-14-13(18)11-4-2-6-21-15(11)14/h7,11,13-15H,1-6,18H2,(H,19,20). The summed E-state index contributed by atoms with van der Waals surface area (Å²) in [6.07, 6.45) is 5.60. The van der Waals surface area contributed by atoms with Gasteiger partial charge in [-0.25, -0.2) is 4.98 Å². The summed E-state index contributed by atoms with van der Waals surface area (Å²) in [5.74, 6) is 1.14. The third kappa shape index (κ3) is 2.02. The van der Waals surface area contributed by atoms with E-state index < -0.39 is 0 Å². The number of nitrogens with zero attached hydrogens (tertiary/aromatic N) is 2. The summed E-state index contributed by atoms with van der Waals surface area (Å²) in [4.78, 5) is 4.67. The lowest BCUT2D eigenvalue weighted by atomic mass is 9.68. The number of hydrogen-bond acceptors (Lipinski definition) is 5. The summed E-state index contributed by atoms with van der Waals surface area (Å²) < 4.78 is 5.85. The Bertz CT molecular complexity index is 609. The van der Waals surface area contributed by atoms with Crippen LogP contribution in [0.4, 0.5) is 5.82 Å². The number of aryl methyl sites for hydroxylation is 2. The second-order valence-corrected chi connectivity index (χ2v) is 6.34. The van der Waals surface area contributed by atoms with Crippen LogP contribution in [0, 0.1) is 17.2 Å². The molecule has 21 heavy (non-hydrogen) atoms. The zero-order chi connectivity index (χ0) is 14.4. The second kappa shape index (κ2) is 4.97. The van der Waals surface area contributed by atoms with Crippen molar-refractivity contribution in [1.29, 1.82) is 5.26 Å². The van der Waals surface area contributed by atoms with Crippen LogP contribution >= 0.6 is 0 Å². The van der Waals surface area contributed by atoms with E-state index in [9.17, 15) is 5.26 Å². The molecule has 0 aromatic carbocycles. The zero-order valence-electron chi connectivity index (χ0n) is 12.0. The molecule has 3 N–H and O–H groups in total. The van der Waals surface area contributed by atoms with Crippen molar-refractivity contribution in [2.75, 3.05) is 11.9 Å². The van der Waals surface area contributed by atoms with E-state index in [0.717, 1.165) is 44.4 Å². The molecule has 5 nitrogen and oxygen atoms in total. The number of pyridine rings is 1. The topological polar surface area (TPSA) is 84.0 Å². The lowest BCUT2D eigenvalue weighted by molar-refractivity contribution is -0.104. The van der Waals surface area contributed by atoms with Crippen LogP contribution in [0.25, 0.3) is 0 Å². The second-order valence-electron chi connectivity index (χ2n) is 6.34. The van der Waals surface area contributed by atoms with Crippen molar-refractivity contribution in [1.82, 2.24) is 4.98 Å². The van der Waals surface area contributed by atoms with Gasteiger partial charge in [0.05, 0.1) is 17.7 Å². The van der Waals surface area contributed by atoms with Crippen LogP contribution in [0.15, 0.2) is 6.07 Å². The van der Waals surface area contributed by atoms with Crippen LogP contribution in [0.1, 0.15) is 36.1 Å². The molecule has 2 aliphatic carbocycles. The number of fused-ring (bicyclic) bond motifs is 2. The van der Waals surface area contributed by atoms with Gasteiger partial charge in [0.2, 0.25) is 0 Å². The first-order valence-electron chi connectivity index (χ1n) is 7.84. The van der Waals surface area contributed by atoms with Crippen molar-refractivity contribution in [2.45, 2.75) is 50.3 Å². The van der Waals surface area contributed by atoms with Crippen LogP contribution in [0.2, 0.25) is 0 Å². The lowest BCUT2D eigenvalue weighted by Crippen LogP contribution is -2.69. The maximum absolute atomic E-state index is 9.36. The highest BCUT2D eigenvalue weighted by atomic mass is 16.5. The van der Waals surface area contributed by atoms with Gasteiger partial charge < -0.3 is 15.8 Å². The van der Waals surface area contributed by atoms with Gasteiger partial charge in [-0.1, -0.05) is 0 Å². The van der Waals surface area contributed by atoms with Crippen molar-refractivity contribution in [3.8, 4) is 6.07 Å². The minimum Gasteiger partial charge on any atom is -0.376 e. The first-order valence-corrected chi connectivity index (χ1v) is 7.84. The molecule has 1 aliphatic heterocycles. The molecule has 4 rings (SSSR count). The molecule has 0 bridgehead atoms. The molecule has 0 amide bonds. The van der Waals surface area contributed by atoms with Gasteiger partial charge in [0.25, 0.3) is 0 Å². The SMILES string of the molecule is N#Cc1cc2c(nc1NC1C(N)C3CCCOC31)CCC2. The van der Waals surface area contributed by atoms with Gasteiger partial charge in [-0.05, 0) is 43.7 Å². The molecule has 1 saturated carbocycles. The molecule has 110 valence electrons. The maximum atomic E-state index is 9.36. The molecule has 2 heterocycles. The molecular weight excluding hydrogens is 264 g/mol. The third-order valence-electron chi connectivity index (χ3n) is 5.15. The Balaban J connectivity index is 1.59. The van der Waals surface area contributed by atoms with Gasteiger partial charge in [-0.15, -0.1) is 0 Å². The molecule has 2 fully saturated rings. The Kier molecular flexibility index (Phi) is 3.09. The molecule has 3 aliphatic rings. The van der Waals surface area contributed by atoms with Crippen LogP contribution in [0.5, 0.6) is 0 Å². The number of hydrogen-bond donors (Lipinski definition) is 2. The fourth-order valence-corrected chi connectivity index (χ4v) is 3.95. The number of rotatable bonds is 2. The number of nitrogens with two attached hydrogens (primary N) is 1. The normalized spacial score (nSPS) is 33.5. The van der Waals surface area contributed by atoms with E-state index in [4.69, 9.17) is 10.5 Å². The summed E-state index contributed by atoms with van der Waals surface area (Å²) in [6.45, 7) is 0.814. The summed E-state index contributed by atoms with van der Waals surface area (Å²) in [5, 5.41) is 12.8. The van der Waals surface area contributed by atoms with Gasteiger partial charge in [-0.3, -0.25) is 0 Å². The minimum absolute atomic E-state index is 0.0781. The lowest BCUT2D eigenvalue weighted by Gasteiger charge is -2.52. The van der Waals surface area contributed by atoms with Crippen molar-refractivity contribution in [3.63, 3.8) is 0 Å². The number of nitrogens with one attached hydrogen (secondary N) is 1. The number of aromatic nitrogens is 1. The van der Waals surface area contributed by atoms with E-state index in [0.29, 0.717) is 17.3 Å². The first-order chi connectivity index (χ1) is 10.3. The van der Waals surface area contributed by atoms with E-state index in [1.165, 1.54) is 5.56 Å². The molecule has 1 aromatic rings. The molecule has 1 saturated heterocycles.